The van der Waals surface area contributed by atoms with Gasteiger partial charge in [0.05, 0.1) is 13.2 Å². The molecule has 3 heteroatoms. The molecule has 0 atom stereocenters. The molecule has 0 unspecified atom stereocenters. The predicted molar refractivity (Wildman–Crippen MR) is 58.3 cm³/mol. The molecule has 0 bridgehead atoms. The van der Waals surface area contributed by atoms with E-state index in [2.05, 4.69) is 0 Å². The number of hydrogen-bond acceptors (Lipinski definition) is 3. The lowest BCUT2D eigenvalue weighted by molar-refractivity contribution is 0.112. The molecule has 3 nitrogen and oxygen atoms in total. The average molecular weight is 208 g/mol. The standard InChI is InChI=1S/C12H16O3/c1-14-8-12(9-15-2)11-5-3-10(7-13)4-6-11/h3-7,12H,8-9H2,1-2H3. The van der Waals surface area contributed by atoms with Crippen molar-refractivity contribution in [2.45, 2.75) is 5.92 Å². The van der Waals surface area contributed by atoms with Gasteiger partial charge in [-0.25, -0.2) is 0 Å². The van der Waals surface area contributed by atoms with Gasteiger partial charge in [0, 0.05) is 25.7 Å². The molecule has 0 radical (unpaired) electrons. The van der Waals surface area contributed by atoms with E-state index in [0.29, 0.717) is 18.8 Å². The van der Waals surface area contributed by atoms with Crippen LogP contribution in [-0.4, -0.2) is 33.7 Å². The molecule has 0 spiro atoms. The number of hydrogen-bond donors (Lipinski definition) is 0. The molecule has 0 aromatic heterocycles. The lowest BCUT2D eigenvalue weighted by Gasteiger charge is -2.15. The van der Waals surface area contributed by atoms with Crippen LogP contribution in [0.1, 0.15) is 21.8 Å². The Balaban J connectivity index is 2.76. The first-order valence-corrected chi connectivity index (χ1v) is 4.84. The second-order valence-corrected chi connectivity index (χ2v) is 3.39. The van der Waals surface area contributed by atoms with Crippen molar-refractivity contribution < 1.29 is 14.3 Å². The Labute approximate surface area is 90.0 Å². The summed E-state index contributed by atoms with van der Waals surface area (Å²) in [5.41, 5.74) is 1.82. The maximum Gasteiger partial charge on any atom is 0.150 e. The molecule has 0 N–H and O–H groups in total. The second-order valence-electron chi connectivity index (χ2n) is 3.39. The van der Waals surface area contributed by atoms with Crippen molar-refractivity contribution in [3.63, 3.8) is 0 Å². The van der Waals surface area contributed by atoms with E-state index >= 15 is 0 Å². The highest BCUT2D eigenvalue weighted by Gasteiger charge is 2.10. The van der Waals surface area contributed by atoms with E-state index in [-0.39, 0.29) is 5.92 Å². The number of aldehydes is 1. The minimum atomic E-state index is 0.223. The molecule has 0 saturated carbocycles. The van der Waals surface area contributed by atoms with Gasteiger partial charge in [0.25, 0.3) is 0 Å². The monoisotopic (exact) mass is 208 g/mol. The number of methoxy groups -OCH3 is 2. The normalized spacial score (nSPS) is 10.6. The molecule has 1 aromatic rings. The number of carbonyl (C=O) groups excluding carboxylic acids is 1. The molecule has 1 aromatic carbocycles. The fourth-order valence-electron chi connectivity index (χ4n) is 1.49. The Hall–Kier alpha value is -1.19. The van der Waals surface area contributed by atoms with Gasteiger partial charge in [0.15, 0.2) is 0 Å². The number of benzene rings is 1. The first-order valence-electron chi connectivity index (χ1n) is 4.84. The van der Waals surface area contributed by atoms with E-state index in [0.717, 1.165) is 11.8 Å². The fraction of sp³-hybridized carbons (Fsp3) is 0.417. The molecule has 1 rings (SSSR count). The number of rotatable bonds is 6. The first kappa shape index (κ1) is 11.9. The van der Waals surface area contributed by atoms with Gasteiger partial charge < -0.3 is 9.47 Å². The maximum absolute atomic E-state index is 10.5. The number of ether oxygens (including phenoxy) is 2. The summed E-state index contributed by atoms with van der Waals surface area (Å²) in [6.45, 7) is 1.24. The lowest BCUT2D eigenvalue weighted by atomic mass is 10.00. The smallest absolute Gasteiger partial charge is 0.150 e. The van der Waals surface area contributed by atoms with Crippen molar-refractivity contribution in [2.75, 3.05) is 27.4 Å². The molecule has 0 aliphatic heterocycles. The summed E-state index contributed by atoms with van der Waals surface area (Å²) in [5.74, 6) is 0.223. The molecular formula is C12H16O3. The van der Waals surface area contributed by atoms with Crippen molar-refractivity contribution in [3.8, 4) is 0 Å². The van der Waals surface area contributed by atoms with Crippen LogP contribution < -0.4 is 0 Å². The van der Waals surface area contributed by atoms with E-state index in [1.807, 2.05) is 12.1 Å². The van der Waals surface area contributed by atoms with Crippen LogP contribution in [0.3, 0.4) is 0 Å². The van der Waals surface area contributed by atoms with E-state index in [1.54, 1.807) is 26.4 Å². The van der Waals surface area contributed by atoms with Crippen LogP contribution in [0, 0.1) is 0 Å². The third-order valence-electron chi connectivity index (χ3n) is 2.28. The topological polar surface area (TPSA) is 35.5 Å². The van der Waals surface area contributed by atoms with Crippen LogP contribution in [0.4, 0.5) is 0 Å². The zero-order valence-corrected chi connectivity index (χ0v) is 9.10. The zero-order chi connectivity index (χ0) is 11.1. The Morgan fingerprint density at radius 1 is 1.13 bits per heavy atom. The van der Waals surface area contributed by atoms with Gasteiger partial charge >= 0.3 is 0 Å². The fourth-order valence-corrected chi connectivity index (χ4v) is 1.49. The Kier molecular flexibility index (Phi) is 5.01. The first-order chi connectivity index (χ1) is 7.31. The average Bonchev–Trinajstić information content (AvgIpc) is 2.29. The third-order valence-corrected chi connectivity index (χ3v) is 2.28. The van der Waals surface area contributed by atoms with Crippen molar-refractivity contribution >= 4 is 6.29 Å². The van der Waals surface area contributed by atoms with Crippen molar-refractivity contribution in [2.24, 2.45) is 0 Å². The van der Waals surface area contributed by atoms with Gasteiger partial charge in [-0.3, -0.25) is 4.79 Å². The number of carbonyl (C=O) groups is 1. The van der Waals surface area contributed by atoms with Crippen LogP contribution in [0.15, 0.2) is 24.3 Å². The van der Waals surface area contributed by atoms with Crippen LogP contribution in [0.25, 0.3) is 0 Å². The molecule has 0 fully saturated rings. The molecule has 0 aliphatic rings. The molecule has 0 heterocycles. The summed E-state index contributed by atoms with van der Waals surface area (Å²) in [5, 5.41) is 0. The van der Waals surface area contributed by atoms with Crippen molar-refractivity contribution in [1.82, 2.24) is 0 Å². The van der Waals surface area contributed by atoms with Gasteiger partial charge in [0.1, 0.15) is 6.29 Å². The summed E-state index contributed by atoms with van der Waals surface area (Å²) in [4.78, 5) is 10.5. The zero-order valence-electron chi connectivity index (χ0n) is 9.10. The predicted octanol–water partition coefficient (Wildman–Crippen LogP) is 1.88. The van der Waals surface area contributed by atoms with Crippen LogP contribution in [0.5, 0.6) is 0 Å². The highest BCUT2D eigenvalue weighted by atomic mass is 16.5. The Bertz CT molecular complexity index is 286. The van der Waals surface area contributed by atoms with Gasteiger partial charge in [0.2, 0.25) is 0 Å². The second kappa shape index (κ2) is 6.32. The van der Waals surface area contributed by atoms with Gasteiger partial charge in [-0.05, 0) is 5.56 Å². The van der Waals surface area contributed by atoms with E-state index in [4.69, 9.17) is 9.47 Å². The molecule has 82 valence electrons. The minimum Gasteiger partial charge on any atom is -0.384 e. The Morgan fingerprint density at radius 2 is 1.67 bits per heavy atom. The highest BCUT2D eigenvalue weighted by molar-refractivity contribution is 5.74. The van der Waals surface area contributed by atoms with Crippen LogP contribution in [0.2, 0.25) is 0 Å². The van der Waals surface area contributed by atoms with Crippen molar-refractivity contribution in [3.05, 3.63) is 35.4 Å². The van der Waals surface area contributed by atoms with E-state index in [9.17, 15) is 4.79 Å². The quantitative estimate of drug-likeness (QED) is 0.669. The van der Waals surface area contributed by atoms with Crippen molar-refractivity contribution in [1.29, 1.82) is 0 Å². The largest absolute Gasteiger partial charge is 0.384 e. The minimum absolute atomic E-state index is 0.223. The molecular weight excluding hydrogens is 192 g/mol. The molecule has 0 saturated heterocycles. The summed E-state index contributed by atoms with van der Waals surface area (Å²) < 4.78 is 10.2. The van der Waals surface area contributed by atoms with Crippen LogP contribution in [-0.2, 0) is 9.47 Å². The SMILES string of the molecule is COCC(COC)c1ccc(C=O)cc1. The van der Waals surface area contributed by atoms with Gasteiger partial charge in [-0.2, -0.15) is 0 Å². The summed E-state index contributed by atoms with van der Waals surface area (Å²) in [7, 11) is 3.34. The van der Waals surface area contributed by atoms with E-state index in [1.165, 1.54) is 0 Å². The summed E-state index contributed by atoms with van der Waals surface area (Å²) in [6, 6.07) is 7.49. The molecule has 15 heavy (non-hydrogen) atoms. The van der Waals surface area contributed by atoms with E-state index < -0.39 is 0 Å². The molecule has 0 amide bonds. The summed E-state index contributed by atoms with van der Waals surface area (Å²) in [6.07, 6.45) is 0.839. The highest BCUT2D eigenvalue weighted by Crippen LogP contribution is 2.16. The van der Waals surface area contributed by atoms with Gasteiger partial charge in [-0.15, -0.1) is 0 Å². The third kappa shape index (κ3) is 3.46. The maximum atomic E-state index is 10.5. The van der Waals surface area contributed by atoms with Crippen LogP contribution >= 0.6 is 0 Å². The summed E-state index contributed by atoms with van der Waals surface area (Å²) >= 11 is 0. The molecule has 0 aliphatic carbocycles. The lowest BCUT2D eigenvalue weighted by Crippen LogP contribution is -2.12. The van der Waals surface area contributed by atoms with Gasteiger partial charge in [-0.1, -0.05) is 24.3 Å². The Morgan fingerprint density at radius 3 is 2.07 bits per heavy atom.